The van der Waals surface area contributed by atoms with Gasteiger partial charge in [0.1, 0.15) is 0 Å². The Morgan fingerprint density at radius 3 is 2.50 bits per heavy atom. The molecule has 0 aliphatic carbocycles. The maximum Gasteiger partial charge on any atom is 0.336 e. The summed E-state index contributed by atoms with van der Waals surface area (Å²) < 4.78 is 0. The number of rotatable bonds is 4. The number of amides is 1. The number of carbonyl (C=O) groups excluding carboxylic acids is 1. The predicted molar refractivity (Wildman–Crippen MR) is 65.4 cm³/mol. The van der Waals surface area contributed by atoms with Crippen LogP contribution in [0.4, 0.5) is 0 Å². The van der Waals surface area contributed by atoms with Crippen LogP contribution in [-0.4, -0.2) is 22.0 Å². The van der Waals surface area contributed by atoms with E-state index in [1.807, 2.05) is 6.07 Å². The van der Waals surface area contributed by atoms with Gasteiger partial charge in [0.2, 0.25) is 0 Å². The summed E-state index contributed by atoms with van der Waals surface area (Å²) in [4.78, 5) is 25.7. The Morgan fingerprint density at radius 1 is 1.17 bits per heavy atom. The van der Waals surface area contributed by atoms with Crippen LogP contribution in [0.3, 0.4) is 0 Å². The molecule has 3 N–H and O–H groups in total. The zero-order chi connectivity index (χ0) is 13.0. The molecule has 0 saturated heterocycles. The molecular weight excluding hydrogens is 232 g/mol. The molecule has 5 nitrogen and oxygen atoms in total. The van der Waals surface area contributed by atoms with Crippen LogP contribution >= 0.6 is 0 Å². The Kier molecular flexibility index (Phi) is 3.43. The van der Waals surface area contributed by atoms with Crippen molar-refractivity contribution in [1.82, 2.24) is 10.3 Å². The predicted octanol–water partition coefficient (Wildman–Crippen LogP) is 1.64. The van der Waals surface area contributed by atoms with Crippen LogP contribution in [-0.2, 0) is 6.54 Å². The summed E-state index contributed by atoms with van der Waals surface area (Å²) in [5.41, 5.74) is 1.10. The van der Waals surface area contributed by atoms with E-state index in [1.54, 1.807) is 24.5 Å². The average Bonchev–Trinajstić information content (AvgIpc) is 2.89. The van der Waals surface area contributed by atoms with Crippen molar-refractivity contribution in [2.45, 2.75) is 6.54 Å². The van der Waals surface area contributed by atoms with Crippen molar-refractivity contribution >= 4 is 11.9 Å². The summed E-state index contributed by atoms with van der Waals surface area (Å²) in [6, 6.07) is 7.97. The first-order valence-corrected chi connectivity index (χ1v) is 5.40. The largest absolute Gasteiger partial charge is 0.478 e. The van der Waals surface area contributed by atoms with Crippen molar-refractivity contribution in [3.8, 4) is 0 Å². The number of carbonyl (C=O) groups is 2. The highest BCUT2D eigenvalue weighted by Gasteiger charge is 2.15. The average molecular weight is 244 g/mol. The topological polar surface area (TPSA) is 82.2 Å². The van der Waals surface area contributed by atoms with Gasteiger partial charge in [-0.2, -0.15) is 0 Å². The number of aromatic carboxylic acids is 1. The van der Waals surface area contributed by atoms with Gasteiger partial charge in [0.05, 0.1) is 11.1 Å². The van der Waals surface area contributed by atoms with E-state index in [4.69, 9.17) is 5.11 Å². The molecule has 2 rings (SSSR count). The number of carboxylic acids is 1. The highest BCUT2D eigenvalue weighted by atomic mass is 16.4. The van der Waals surface area contributed by atoms with Crippen LogP contribution in [0.15, 0.2) is 42.7 Å². The molecule has 1 aromatic carbocycles. The lowest BCUT2D eigenvalue weighted by Crippen LogP contribution is -2.24. The Hall–Kier alpha value is -2.56. The molecule has 5 heteroatoms. The Balaban J connectivity index is 2.11. The third kappa shape index (κ3) is 2.57. The number of H-pyrrole nitrogens is 1. The van der Waals surface area contributed by atoms with Crippen LogP contribution in [0.1, 0.15) is 26.3 Å². The van der Waals surface area contributed by atoms with Gasteiger partial charge >= 0.3 is 5.97 Å². The number of hydrogen-bond donors (Lipinski definition) is 3. The summed E-state index contributed by atoms with van der Waals surface area (Å²) in [6.45, 7) is 0.357. The van der Waals surface area contributed by atoms with E-state index in [0.29, 0.717) is 6.54 Å². The van der Waals surface area contributed by atoms with E-state index in [-0.39, 0.29) is 11.1 Å². The van der Waals surface area contributed by atoms with E-state index in [0.717, 1.165) is 5.56 Å². The molecule has 1 heterocycles. The second-order valence-electron chi connectivity index (χ2n) is 3.75. The SMILES string of the molecule is O=C(O)c1ccccc1C(=O)NCc1cc[nH]c1. The molecule has 1 amide bonds. The number of hydrogen-bond acceptors (Lipinski definition) is 2. The molecule has 0 aliphatic heterocycles. The maximum atomic E-state index is 11.9. The molecule has 92 valence electrons. The van der Waals surface area contributed by atoms with Crippen molar-refractivity contribution in [3.05, 3.63) is 59.4 Å². The molecule has 18 heavy (non-hydrogen) atoms. The lowest BCUT2D eigenvalue weighted by atomic mass is 10.1. The third-order valence-electron chi connectivity index (χ3n) is 2.52. The molecule has 2 aromatic rings. The van der Waals surface area contributed by atoms with Gasteiger partial charge in [0, 0.05) is 18.9 Å². The van der Waals surface area contributed by atoms with Crippen molar-refractivity contribution in [2.24, 2.45) is 0 Å². The molecule has 0 fully saturated rings. The molecule has 0 atom stereocenters. The number of aromatic amines is 1. The van der Waals surface area contributed by atoms with Gasteiger partial charge in [0.15, 0.2) is 0 Å². The Labute approximate surface area is 103 Å². The Morgan fingerprint density at radius 2 is 1.89 bits per heavy atom. The molecule has 0 radical (unpaired) electrons. The van der Waals surface area contributed by atoms with Crippen molar-refractivity contribution < 1.29 is 14.7 Å². The number of carboxylic acid groups (broad SMARTS) is 1. The lowest BCUT2D eigenvalue weighted by molar-refractivity contribution is 0.0691. The third-order valence-corrected chi connectivity index (χ3v) is 2.52. The van der Waals surface area contributed by atoms with E-state index < -0.39 is 11.9 Å². The summed E-state index contributed by atoms with van der Waals surface area (Å²) >= 11 is 0. The van der Waals surface area contributed by atoms with Gasteiger partial charge in [-0.25, -0.2) is 4.79 Å². The van der Waals surface area contributed by atoms with Crippen molar-refractivity contribution in [1.29, 1.82) is 0 Å². The van der Waals surface area contributed by atoms with Gasteiger partial charge in [-0.15, -0.1) is 0 Å². The first-order chi connectivity index (χ1) is 8.68. The fraction of sp³-hybridized carbons (Fsp3) is 0.0769. The standard InChI is InChI=1S/C13H12N2O3/c16-12(15-8-9-5-6-14-7-9)10-3-1-2-4-11(10)13(17)18/h1-7,14H,8H2,(H,15,16)(H,17,18). The van der Waals surface area contributed by atoms with Crippen LogP contribution in [0.5, 0.6) is 0 Å². The van der Waals surface area contributed by atoms with Crippen LogP contribution in [0.2, 0.25) is 0 Å². The summed E-state index contributed by atoms with van der Waals surface area (Å²) in [7, 11) is 0. The van der Waals surface area contributed by atoms with Crippen molar-refractivity contribution in [2.75, 3.05) is 0 Å². The first-order valence-electron chi connectivity index (χ1n) is 5.40. The monoisotopic (exact) mass is 244 g/mol. The van der Waals surface area contributed by atoms with Gasteiger partial charge in [0.25, 0.3) is 5.91 Å². The quantitative estimate of drug-likeness (QED) is 0.764. The van der Waals surface area contributed by atoms with Gasteiger partial charge in [-0.3, -0.25) is 4.79 Å². The van der Waals surface area contributed by atoms with Gasteiger partial charge in [-0.05, 0) is 23.8 Å². The number of benzene rings is 1. The lowest BCUT2D eigenvalue weighted by Gasteiger charge is -2.06. The molecule has 0 spiro atoms. The smallest absolute Gasteiger partial charge is 0.336 e. The van der Waals surface area contributed by atoms with Gasteiger partial charge in [-0.1, -0.05) is 12.1 Å². The normalized spacial score (nSPS) is 10.0. The minimum Gasteiger partial charge on any atom is -0.478 e. The Bertz CT molecular complexity index is 561. The van der Waals surface area contributed by atoms with E-state index >= 15 is 0 Å². The van der Waals surface area contributed by atoms with Gasteiger partial charge < -0.3 is 15.4 Å². The van der Waals surface area contributed by atoms with E-state index in [2.05, 4.69) is 10.3 Å². The fourth-order valence-electron chi connectivity index (χ4n) is 1.61. The van der Waals surface area contributed by atoms with Crippen LogP contribution < -0.4 is 5.32 Å². The fourth-order valence-corrected chi connectivity index (χ4v) is 1.61. The molecular formula is C13H12N2O3. The first kappa shape index (κ1) is 11.9. The minimum absolute atomic E-state index is 0.00377. The van der Waals surface area contributed by atoms with E-state index in [9.17, 15) is 9.59 Å². The zero-order valence-electron chi connectivity index (χ0n) is 9.51. The van der Waals surface area contributed by atoms with E-state index in [1.165, 1.54) is 12.1 Å². The second kappa shape index (κ2) is 5.18. The summed E-state index contributed by atoms with van der Waals surface area (Å²) in [5.74, 6) is -1.50. The van der Waals surface area contributed by atoms with Crippen LogP contribution in [0, 0.1) is 0 Å². The molecule has 0 saturated carbocycles. The molecule has 0 bridgehead atoms. The van der Waals surface area contributed by atoms with Crippen LogP contribution in [0.25, 0.3) is 0 Å². The summed E-state index contributed by atoms with van der Waals surface area (Å²) in [5, 5.41) is 11.7. The highest BCUT2D eigenvalue weighted by molar-refractivity contribution is 6.04. The van der Waals surface area contributed by atoms with Crippen molar-refractivity contribution in [3.63, 3.8) is 0 Å². The number of aromatic nitrogens is 1. The second-order valence-corrected chi connectivity index (χ2v) is 3.75. The minimum atomic E-state index is -1.11. The summed E-state index contributed by atoms with van der Waals surface area (Å²) in [6.07, 6.45) is 3.52. The maximum absolute atomic E-state index is 11.9. The zero-order valence-corrected chi connectivity index (χ0v) is 9.51. The number of nitrogens with one attached hydrogen (secondary N) is 2. The molecule has 0 unspecified atom stereocenters. The highest BCUT2D eigenvalue weighted by Crippen LogP contribution is 2.09. The molecule has 0 aliphatic rings. The molecule has 1 aromatic heterocycles.